The smallest absolute Gasteiger partial charge is 0.143 e. The molecule has 0 bridgehead atoms. The number of anilines is 5. The Balaban J connectivity index is 1.01. The molecule has 12 rings (SSSR count). The lowest BCUT2D eigenvalue weighted by atomic mass is 9.93. The predicted molar refractivity (Wildman–Crippen MR) is 272 cm³/mol. The van der Waals surface area contributed by atoms with Crippen LogP contribution in [0.4, 0.5) is 28.4 Å². The molecule has 0 spiro atoms. The van der Waals surface area contributed by atoms with Crippen LogP contribution in [0, 0.1) is 0 Å². The maximum absolute atomic E-state index is 6.58. The molecular weight excluding hydrogens is 777 g/mol. The zero-order chi connectivity index (χ0) is 42.6. The van der Waals surface area contributed by atoms with Crippen molar-refractivity contribution >= 4 is 93.8 Å². The standard InChI is InChI=1S/C61H42N2O/c1-41-38-44(49-26-14-27-56-55-25-12-13-28-60(55)64-61(49)56)16-15-37-62(48-34-35-54-52-23-9-8-21-50(52)51-22-10-11-24-53(51)58(54)40-48)59-36-31-43(39-57(41)59)42-29-32-47(33-30-42)63(45-17-4-2-5-18-45)46-19-6-3-7-20-46/h2-36,38-40H,1,37H2/b16-15-,44-38+. The lowest BCUT2D eigenvalue weighted by Gasteiger charge is -2.28. The summed E-state index contributed by atoms with van der Waals surface area (Å²) in [6.07, 6.45) is 6.74. The quantitative estimate of drug-likeness (QED) is 0.156. The summed E-state index contributed by atoms with van der Waals surface area (Å²) in [4.78, 5) is 4.73. The van der Waals surface area contributed by atoms with Crippen molar-refractivity contribution in [3.63, 3.8) is 0 Å². The Kier molecular flexibility index (Phi) is 9.05. The second-order valence-electron chi connectivity index (χ2n) is 16.5. The third-order valence-corrected chi connectivity index (χ3v) is 12.8. The van der Waals surface area contributed by atoms with Crippen molar-refractivity contribution in [1.29, 1.82) is 0 Å². The van der Waals surface area contributed by atoms with Crippen molar-refractivity contribution < 1.29 is 4.42 Å². The molecule has 302 valence electrons. The monoisotopic (exact) mass is 818 g/mol. The molecule has 0 atom stereocenters. The number of fused-ring (bicyclic) bond motifs is 10. The third kappa shape index (κ3) is 6.37. The number of allylic oxidation sites excluding steroid dienone is 4. The lowest BCUT2D eigenvalue weighted by molar-refractivity contribution is 0.668. The average Bonchev–Trinajstić information content (AvgIpc) is 3.77. The number of rotatable bonds is 6. The van der Waals surface area contributed by atoms with Crippen molar-refractivity contribution in [2.24, 2.45) is 0 Å². The summed E-state index contributed by atoms with van der Waals surface area (Å²) < 4.78 is 6.58. The van der Waals surface area contributed by atoms with Gasteiger partial charge >= 0.3 is 0 Å². The average molecular weight is 819 g/mol. The van der Waals surface area contributed by atoms with Crippen LogP contribution in [0.25, 0.3) is 76.5 Å². The van der Waals surface area contributed by atoms with E-state index in [1.54, 1.807) is 0 Å². The Hall–Kier alpha value is -8.40. The van der Waals surface area contributed by atoms with Gasteiger partial charge in [-0.3, -0.25) is 0 Å². The van der Waals surface area contributed by atoms with Crippen molar-refractivity contribution in [2.45, 2.75) is 0 Å². The van der Waals surface area contributed by atoms with Gasteiger partial charge in [-0.1, -0.05) is 164 Å². The first-order valence-corrected chi connectivity index (χ1v) is 21.9. The molecule has 0 aliphatic carbocycles. The second-order valence-corrected chi connectivity index (χ2v) is 16.5. The Morgan fingerprint density at radius 2 is 1.00 bits per heavy atom. The van der Waals surface area contributed by atoms with E-state index in [-0.39, 0.29) is 0 Å². The van der Waals surface area contributed by atoms with Crippen LogP contribution in [0.2, 0.25) is 0 Å². The first kappa shape index (κ1) is 37.4. The highest BCUT2D eigenvalue weighted by Gasteiger charge is 2.21. The van der Waals surface area contributed by atoms with Crippen molar-refractivity contribution in [2.75, 3.05) is 16.3 Å². The second kappa shape index (κ2) is 15.5. The van der Waals surface area contributed by atoms with Gasteiger partial charge in [0.25, 0.3) is 0 Å². The molecule has 1 aliphatic heterocycles. The van der Waals surface area contributed by atoms with Crippen LogP contribution in [0.1, 0.15) is 11.1 Å². The van der Waals surface area contributed by atoms with Crippen LogP contribution >= 0.6 is 0 Å². The topological polar surface area (TPSA) is 19.6 Å². The number of nitrogens with zero attached hydrogens (tertiary/aromatic N) is 2. The minimum atomic E-state index is 0.646. The van der Waals surface area contributed by atoms with Crippen LogP contribution in [0.3, 0.4) is 0 Å². The fraction of sp³-hybridized carbons (Fsp3) is 0.0164. The molecule has 3 heteroatoms. The molecule has 1 aromatic heterocycles. The van der Waals surface area contributed by atoms with Crippen LogP contribution < -0.4 is 9.80 Å². The molecular formula is C61H42N2O. The summed E-state index contributed by atoms with van der Waals surface area (Å²) in [6, 6.07) is 76.1. The zero-order valence-electron chi connectivity index (χ0n) is 35.2. The van der Waals surface area contributed by atoms with Crippen molar-refractivity contribution in [3.8, 4) is 11.1 Å². The number of para-hydroxylation sites is 4. The van der Waals surface area contributed by atoms with Crippen LogP contribution in [0.15, 0.2) is 242 Å². The molecule has 0 saturated heterocycles. The highest BCUT2D eigenvalue weighted by atomic mass is 16.3. The molecule has 2 heterocycles. The molecule has 0 N–H and O–H groups in total. The van der Waals surface area contributed by atoms with Gasteiger partial charge in [0.05, 0.1) is 0 Å². The fourth-order valence-electron chi connectivity index (χ4n) is 9.76. The molecule has 3 nitrogen and oxygen atoms in total. The van der Waals surface area contributed by atoms with E-state index in [0.29, 0.717) is 6.54 Å². The zero-order valence-corrected chi connectivity index (χ0v) is 35.2. The summed E-state index contributed by atoms with van der Waals surface area (Å²) in [7, 11) is 0. The van der Waals surface area contributed by atoms with Gasteiger partial charge in [-0.15, -0.1) is 0 Å². The molecule has 0 saturated carbocycles. The first-order valence-electron chi connectivity index (χ1n) is 21.9. The molecule has 0 fully saturated rings. The minimum absolute atomic E-state index is 0.646. The van der Waals surface area contributed by atoms with E-state index in [0.717, 1.165) is 83.8 Å². The molecule has 0 radical (unpaired) electrons. The summed E-state index contributed by atoms with van der Waals surface area (Å²) >= 11 is 0. The van der Waals surface area contributed by atoms with Gasteiger partial charge in [-0.2, -0.15) is 0 Å². The third-order valence-electron chi connectivity index (χ3n) is 12.8. The normalized spacial score (nSPS) is 14.3. The molecule has 0 unspecified atom stereocenters. The maximum atomic E-state index is 6.58. The van der Waals surface area contributed by atoms with Gasteiger partial charge in [-0.25, -0.2) is 0 Å². The Bertz CT molecular complexity index is 3580. The molecule has 0 amide bonds. The highest BCUT2D eigenvalue weighted by Crippen LogP contribution is 2.43. The maximum Gasteiger partial charge on any atom is 0.143 e. The van der Waals surface area contributed by atoms with Gasteiger partial charge in [0.15, 0.2) is 0 Å². The number of benzene rings is 10. The largest absolute Gasteiger partial charge is 0.455 e. The Labute approximate surface area is 372 Å². The van der Waals surface area contributed by atoms with E-state index < -0.39 is 0 Å². The van der Waals surface area contributed by atoms with Crippen LogP contribution in [0.5, 0.6) is 0 Å². The van der Waals surface area contributed by atoms with E-state index in [9.17, 15) is 0 Å². The van der Waals surface area contributed by atoms with Gasteiger partial charge in [0.2, 0.25) is 0 Å². The van der Waals surface area contributed by atoms with Crippen LogP contribution in [-0.4, -0.2) is 6.54 Å². The molecule has 11 aromatic rings. The number of furan rings is 1. The summed E-state index contributed by atoms with van der Waals surface area (Å²) in [5.41, 5.74) is 13.6. The Morgan fingerprint density at radius 1 is 0.438 bits per heavy atom. The molecule has 1 aliphatic rings. The predicted octanol–water partition coefficient (Wildman–Crippen LogP) is 17.0. The molecule has 64 heavy (non-hydrogen) atoms. The number of hydrogen-bond acceptors (Lipinski definition) is 3. The Morgan fingerprint density at radius 3 is 1.69 bits per heavy atom. The summed E-state index contributed by atoms with van der Waals surface area (Å²) in [6.45, 7) is 5.46. The highest BCUT2D eigenvalue weighted by molar-refractivity contribution is 6.25. The van der Waals surface area contributed by atoms with Gasteiger partial charge in [-0.05, 0) is 127 Å². The van der Waals surface area contributed by atoms with Crippen LogP contribution in [-0.2, 0) is 0 Å². The fourth-order valence-corrected chi connectivity index (χ4v) is 9.76. The molecule has 10 aromatic carbocycles. The lowest BCUT2D eigenvalue weighted by Crippen LogP contribution is -2.18. The van der Waals surface area contributed by atoms with E-state index in [1.807, 2.05) is 12.1 Å². The van der Waals surface area contributed by atoms with E-state index >= 15 is 0 Å². The van der Waals surface area contributed by atoms with E-state index in [4.69, 9.17) is 11.0 Å². The van der Waals surface area contributed by atoms with Gasteiger partial charge in [0.1, 0.15) is 11.2 Å². The van der Waals surface area contributed by atoms with E-state index in [2.05, 4.69) is 228 Å². The number of hydrogen-bond donors (Lipinski definition) is 0. The van der Waals surface area contributed by atoms with E-state index in [1.165, 1.54) is 32.3 Å². The first-order chi connectivity index (χ1) is 31.7. The SMILES string of the molecule is C=C1/C=C(c2cccc3c2oc2ccccc23)\C=C/CN(c2ccc3c4ccccc4c4ccccc4c3c2)c2ccc(-c3ccc(N(c4ccccc4)c4ccccc4)cc3)cc21. The summed E-state index contributed by atoms with van der Waals surface area (Å²) in [5.74, 6) is 0. The van der Waals surface area contributed by atoms with Crippen molar-refractivity contribution in [1.82, 2.24) is 0 Å². The van der Waals surface area contributed by atoms with Gasteiger partial charge in [0, 0.05) is 56.9 Å². The summed E-state index contributed by atoms with van der Waals surface area (Å²) in [5, 5.41) is 9.77. The van der Waals surface area contributed by atoms with Crippen molar-refractivity contribution in [3.05, 3.63) is 248 Å². The minimum Gasteiger partial charge on any atom is -0.455 e. The van der Waals surface area contributed by atoms with Gasteiger partial charge < -0.3 is 14.2 Å².